The number of nitrogens with zero attached hydrogens (tertiary/aromatic N) is 1. The van der Waals surface area contributed by atoms with Crippen molar-refractivity contribution in [1.82, 2.24) is 9.71 Å². The molecule has 1 heterocycles. The average molecular weight is 514 g/mol. The molecule has 152 valence electrons. The summed E-state index contributed by atoms with van der Waals surface area (Å²) in [4.78, 5) is 5.20. The summed E-state index contributed by atoms with van der Waals surface area (Å²) in [6.45, 7) is 2.08. The van der Waals surface area contributed by atoms with Crippen LogP contribution in [0.5, 0.6) is 5.75 Å². The van der Waals surface area contributed by atoms with Crippen LogP contribution in [0.3, 0.4) is 0 Å². The third-order valence-corrected chi connectivity index (χ3v) is 7.33. The number of methoxy groups -OCH3 is 1. The molecule has 29 heavy (non-hydrogen) atoms. The lowest BCUT2D eigenvalue weighted by atomic mass is 10.2. The van der Waals surface area contributed by atoms with Gasteiger partial charge in [-0.15, -0.1) is 0 Å². The van der Waals surface area contributed by atoms with Gasteiger partial charge in [-0.1, -0.05) is 41.6 Å². The van der Waals surface area contributed by atoms with Crippen molar-refractivity contribution in [3.8, 4) is 5.75 Å². The minimum Gasteiger partial charge on any atom is -0.497 e. The van der Waals surface area contributed by atoms with Crippen LogP contribution in [-0.4, -0.2) is 20.5 Å². The van der Waals surface area contributed by atoms with E-state index in [1.165, 1.54) is 11.8 Å². The predicted molar refractivity (Wildman–Crippen MR) is 122 cm³/mol. The van der Waals surface area contributed by atoms with Crippen LogP contribution in [-0.2, 0) is 16.6 Å². The highest BCUT2D eigenvalue weighted by molar-refractivity contribution is 9.10. The molecular weight excluding hydrogens is 496 g/mol. The zero-order valence-electron chi connectivity index (χ0n) is 15.6. The summed E-state index contributed by atoms with van der Waals surface area (Å²) in [5.41, 5.74) is 0.855. The van der Waals surface area contributed by atoms with Crippen LogP contribution >= 0.6 is 39.3 Å². The lowest BCUT2D eigenvalue weighted by Gasteiger charge is -2.12. The standard InChI is InChI=1S/C20H18BrClN2O3S2/c1-3-8-28-18-11-15(27-2)5-4-13(18)12-23-29(25,26)16-6-7-17-14(9-16)10-19(22)24-20(17)21/h3-11,23H,12H2,1-2H3/b8-3-. The summed E-state index contributed by atoms with van der Waals surface area (Å²) >= 11 is 10.8. The third kappa shape index (κ3) is 5.32. The number of benzene rings is 2. The number of allylic oxidation sites excluding steroid dienone is 1. The number of fused-ring (bicyclic) bond motifs is 1. The molecule has 0 amide bonds. The molecule has 3 rings (SSSR count). The van der Waals surface area contributed by atoms with E-state index in [0.717, 1.165) is 15.8 Å². The Balaban J connectivity index is 1.88. The first-order valence-corrected chi connectivity index (χ1v) is 12.1. The highest BCUT2D eigenvalue weighted by atomic mass is 79.9. The van der Waals surface area contributed by atoms with Crippen LogP contribution in [0.25, 0.3) is 10.8 Å². The Morgan fingerprint density at radius 3 is 2.76 bits per heavy atom. The monoisotopic (exact) mass is 512 g/mol. The van der Waals surface area contributed by atoms with E-state index >= 15 is 0 Å². The van der Waals surface area contributed by atoms with Gasteiger partial charge in [0, 0.05) is 16.8 Å². The second-order valence-corrected chi connectivity index (χ2v) is 9.86. The summed E-state index contributed by atoms with van der Waals surface area (Å²) in [6, 6.07) is 12.0. The van der Waals surface area contributed by atoms with Crippen molar-refractivity contribution in [1.29, 1.82) is 0 Å². The summed E-state index contributed by atoms with van der Waals surface area (Å²) in [5, 5.41) is 3.70. The molecule has 0 bridgehead atoms. The Hall–Kier alpha value is -1.58. The molecule has 5 nitrogen and oxygen atoms in total. The van der Waals surface area contributed by atoms with Crippen molar-refractivity contribution in [3.05, 3.63) is 69.3 Å². The fourth-order valence-corrected chi connectivity index (χ4v) is 5.30. The molecular formula is C20H18BrClN2O3S2. The number of sulfonamides is 1. The fourth-order valence-electron chi connectivity index (χ4n) is 2.64. The number of hydrogen-bond donors (Lipinski definition) is 1. The van der Waals surface area contributed by atoms with E-state index in [1.807, 2.05) is 36.6 Å². The Morgan fingerprint density at radius 2 is 2.03 bits per heavy atom. The number of thioether (sulfide) groups is 1. The molecule has 0 fully saturated rings. The van der Waals surface area contributed by atoms with E-state index in [4.69, 9.17) is 16.3 Å². The van der Waals surface area contributed by atoms with Gasteiger partial charge in [0.25, 0.3) is 0 Å². The molecule has 0 radical (unpaired) electrons. The van der Waals surface area contributed by atoms with Crippen LogP contribution in [0, 0.1) is 0 Å². The van der Waals surface area contributed by atoms with Crippen molar-refractivity contribution in [2.75, 3.05) is 7.11 Å². The number of aromatic nitrogens is 1. The van der Waals surface area contributed by atoms with Gasteiger partial charge in [-0.05, 0) is 69.5 Å². The third-order valence-electron chi connectivity index (χ3n) is 4.09. The molecule has 1 aromatic heterocycles. The minimum absolute atomic E-state index is 0.158. The number of hydrogen-bond acceptors (Lipinski definition) is 5. The SMILES string of the molecule is C/C=C\Sc1cc(OC)ccc1CNS(=O)(=O)c1ccc2c(Br)nc(Cl)cc2c1. The van der Waals surface area contributed by atoms with E-state index in [1.54, 1.807) is 31.4 Å². The molecule has 0 saturated heterocycles. The molecule has 2 aromatic carbocycles. The van der Waals surface area contributed by atoms with Gasteiger partial charge in [0.2, 0.25) is 10.0 Å². The molecule has 0 unspecified atom stereocenters. The minimum atomic E-state index is -3.72. The summed E-state index contributed by atoms with van der Waals surface area (Å²) < 4.78 is 34.2. The van der Waals surface area contributed by atoms with Gasteiger partial charge in [-0.3, -0.25) is 0 Å². The molecule has 0 saturated carbocycles. The zero-order chi connectivity index (χ0) is 21.0. The molecule has 3 aromatic rings. The van der Waals surface area contributed by atoms with Crippen molar-refractivity contribution in [2.24, 2.45) is 0 Å². The van der Waals surface area contributed by atoms with Crippen LogP contribution in [0.2, 0.25) is 5.15 Å². The first-order chi connectivity index (χ1) is 13.8. The van der Waals surface area contributed by atoms with Crippen LogP contribution in [0.4, 0.5) is 0 Å². The molecule has 0 atom stereocenters. The van der Waals surface area contributed by atoms with Gasteiger partial charge >= 0.3 is 0 Å². The van der Waals surface area contributed by atoms with Crippen LogP contribution < -0.4 is 9.46 Å². The van der Waals surface area contributed by atoms with Crippen molar-refractivity contribution >= 4 is 60.1 Å². The first-order valence-electron chi connectivity index (χ1n) is 8.54. The van der Waals surface area contributed by atoms with E-state index in [-0.39, 0.29) is 16.6 Å². The number of halogens is 2. The van der Waals surface area contributed by atoms with E-state index in [2.05, 4.69) is 25.6 Å². The van der Waals surface area contributed by atoms with Crippen LogP contribution in [0.15, 0.2) is 68.3 Å². The van der Waals surface area contributed by atoms with E-state index in [0.29, 0.717) is 15.7 Å². The lowest BCUT2D eigenvalue weighted by molar-refractivity contribution is 0.413. The highest BCUT2D eigenvalue weighted by Crippen LogP contribution is 2.30. The largest absolute Gasteiger partial charge is 0.497 e. The second kappa shape index (κ2) is 9.49. The molecule has 1 N–H and O–H groups in total. The summed E-state index contributed by atoms with van der Waals surface area (Å²) in [7, 11) is -2.12. The maximum Gasteiger partial charge on any atom is 0.240 e. The highest BCUT2D eigenvalue weighted by Gasteiger charge is 2.16. The van der Waals surface area contributed by atoms with Gasteiger partial charge < -0.3 is 4.74 Å². The molecule has 0 aliphatic carbocycles. The topological polar surface area (TPSA) is 68.3 Å². The Kier molecular flexibility index (Phi) is 7.23. The Labute approximate surface area is 187 Å². The normalized spacial score (nSPS) is 12.0. The first kappa shape index (κ1) is 22.1. The second-order valence-electron chi connectivity index (χ2n) is 6.00. The molecule has 0 spiro atoms. The number of pyridine rings is 1. The van der Waals surface area contributed by atoms with Gasteiger partial charge in [-0.25, -0.2) is 18.1 Å². The number of nitrogens with one attached hydrogen (secondary N) is 1. The van der Waals surface area contributed by atoms with Crippen molar-refractivity contribution < 1.29 is 13.2 Å². The smallest absolute Gasteiger partial charge is 0.240 e. The predicted octanol–water partition coefficient (Wildman–Crippen LogP) is 5.76. The van der Waals surface area contributed by atoms with Gasteiger partial charge in [0.15, 0.2) is 0 Å². The lowest BCUT2D eigenvalue weighted by Crippen LogP contribution is -2.23. The molecule has 0 aliphatic heterocycles. The Morgan fingerprint density at radius 1 is 1.24 bits per heavy atom. The maximum atomic E-state index is 12.9. The quantitative estimate of drug-likeness (QED) is 0.321. The average Bonchev–Trinajstić information content (AvgIpc) is 2.70. The molecule has 9 heteroatoms. The molecule has 0 aliphatic rings. The van der Waals surface area contributed by atoms with Gasteiger partial charge in [-0.2, -0.15) is 0 Å². The zero-order valence-corrected chi connectivity index (χ0v) is 19.6. The summed E-state index contributed by atoms with van der Waals surface area (Å²) in [5.74, 6) is 0.717. The van der Waals surface area contributed by atoms with Gasteiger partial charge in [0.05, 0.1) is 12.0 Å². The maximum absolute atomic E-state index is 12.9. The van der Waals surface area contributed by atoms with Crippen molar-refractivity contribution in [2.45, 2.75) is 23.3 Å². The van der Waals surface area contributed by atoms with Gasteiger partial charge in [0.1, 0.15) is 15.5 Å². The number of ether oxygens (including phenoxy) is 1. The summed E-state index contributed by atoms with van der Waals surface area (Å²) in [6.07, 6.45) is 1.92. The van der Waals surface area contributed by atoms with E-state index in [9.17, 15) is 8.42 Å². The fraction of sp³-hybridized carbons (Fsp3) is 0.150. The van der Waals surface area contributed by atoms with Crippen molar-refractivity contribution in [3.63, 3.8) is 0 Å². The number of rotatable bonds is 7. The van der Waals surface area contributed by atoms with Crippen LogP contribution in [0.1, 0.15) is 12.5 Å². The van der Waals surface area contributed by atoms with E-state index < -0.39 is 10.0 Å². The Bertz CT molecular complexity index is 1180.